The number of hydrogen-bond acceptors (Lipinski definition) is 4. The van der Waals surface area contributed by atoms with E-state index in [4.69, 9.17) is 0 Å². The number of ketones is 1. The number of Topliss-reactive ketones (excluding diaryl/α,β-unsaturated/α-hetero) is 1. The van der Waals surface area contributed by atoms with Crippen LogP contribution in [0.15, 0.2) is 12.3 Å². The van der Waals surface area contributed by atoms with E-state index in [0.717, 1.165) is 0 Å². The van der Waals surface area contributed by atoms with Crippen molar-refractivity contribution >= 4 is 16.9 Å². The zero-order valence-electron chi connectivity index (χ0n) is 11.0. The molecule has 0 amide bonds. The predicted octanol–water partition coefficient (Wildman–Crippen LogP) is 2.24. The summed E-state index contributed by atoms with van der Waals surface area (Å²) in [6, 6.07) is 1.68. The standard InChI is InChI=1S/C13H17N3O2/c1-7(17)10-6-14-12-9(15-10)5-8(16-12)11(18)13(2,3)4/h5-7,17H,1-4H3,(H,14,16). The molecular formula is C13H17N3O2. The highest BCUT2D eigenvalue weighted by molar-refractivity contribution is 6.01. The van der Waals surface area contributed by atoms with Crippen molar-refractivity contribution in [2.45, 2.75) is 33.8 Å². The molecule has 0 saturated carbocycles. The molecule has 0 spiro atoms. The van der Waals surface area contributed by atoms with Gasteiger partial charge in [-0.15, -0.1) is 0 Å². The molecule has 2 aromatic heterocycles. The van der Waals surface area contributed by atoms with E-state index in [9.17, 15) is 9.90 Å². The van der Waals surface area contributed by atoms with Crippen LogP contribution >= 0.6 is 0 Å². The molecule has 0 aliphatic carbocycles. The largest absolute Gasteiger partial charge is 0.387 e. The minimum absolute atomic E-state index is 0.0147. The number of nitrogens with zero attached hydrogens (tertiary/aromatic N) is 2. The zero-order chi connectivity index (χ0) is 13.5. The van der Waals surface area contributed by atoms with E-state index in [0.29, 0.717) is 22.6 Å². The third-order valence-electron chi connectivity index (χ3n) is 2.71. The molecule has 5 nitrogen and oxygen atoms in total. The van der Waals surface area contributed by atoms with Gasteiger partial charge >= 0.3 is 0 Å². The van der Waals surface area contributed by atoms with Crippen molar-refractivity contribution in [3.63, 3.8) is 0 Å². The molecular weight excluding hydrogens is 230 g/mol. The smallest absolute Gasteiger partial charge is 0.184 e. The number of aromatic amines is 1. The number of hydrogen-bond donors (Lipinski definition) is 2. The summed E-state index contributed by atoms with van der Waals surface area (Å²) >= 11 is 0. The number of aliphatic hydroxyl groups is 1. The molecule has 0 bridgehead atoms. The number of nitrogens with one attached hydrogen (secondary N) is 1. The lowest BCUT2D eigenvalue weighted by Crippen LogP contribution is -2.20. The van der Waals surface area contributed by atoms with Crippen LogP contribution in [0.5, 0.6) is 0 Å². The molecule has 18 heavy (non-hydrogen) atoms. The highest BCUT2D eigenvalue weighted by atomic mass is 16.3. The van der Waals surface area contributed by atoms with Crippen molar-refractivity contribution in [2.24, 2.45) is 5.41 Å². The minimum atomic E-state index is -0.668. The van der Waals surface area contributed by atoms with Crippen LogP contribution in [0.1, 0.15) is 50.0 Å². The van der Waals surface area contributed by atoms with Crippen molar-refractivity contribution in [2.75, 3.05) is 0 Å². The Bertz CT molecular complexity index is 594. The lowest BCUT2D eigenvalue weighted by atomic mass is 9.89. The maximum atomic E-state index is 12.1. The summed E-state index contributed by atoms with van der Waals surface area (Å²) in [5, 5.41) is 9.45. The molecule has 2 heterocycles. The summed E-state index contributed by atoms with van der Waals surface area (Å²) in [6.07, 6.45) is 0.841. The van der Waals surface area contributed by atoms with Gasteiger partial charge in [-0.1, -0.05) is 20.8 Å². The average molecular weight is 247 g/mol. The first kappa shape index (κ1) is 12.7. The maximum Gasteiger partial charge on any atom is 0.184 e. The molecule has 0 aliphatic heterocycles. The highest BCUT2D eigenvalue weighted by Gasteiger charge is 2.24. The second-order valence-corrected chi connectivity index (χ2v) is 5.47. The molecule has 0 fully saturated rings. The summed E-state index contributed by atoms with van der Waals surface area (Å²) in [4.78, 5) is 23.5. The van der Waals surface area contributed by atoms with E-state index in [2.05, 4.69) is 15.0 Å². The monoisotopic (exact) mass is 247 g/mol. The third-order valence-corrected chi connectivity index (χ3v) is 2.71. The van der Waals surface area contributed by atoms with Gasteiger partial charge in [-0.05, 0) is 13.0 Å². The quantitative estimate of drug-likeness (QED) is 0.798. The van der Waals surface area contributed by atoms with Gasteiger partial charge in [-0.2, -0.15) is 0 Å². The normalized spacial score (nSPS) is 13.8. The van der Waals surface area contributed by atoms with Crippen LogP contribution in [0.2, 0.25) is 0 Å². The van der Waals surface area contributed by atoms with Crippen LogP contribution in [-0.4, -0.2) is 25.8 Å². The van der Waals surface area contributed by atoms with E-state index < -0.39 is 11.5 Å². The fraction of sp³-hybridized carbons (Fsp3) is 0.462. The van der Waals surface area contributed by atoms with Crippen molar-refractivity contribution in [1.29, 1.82) is 0 Å². The van der Waals surface area contributed by atoms with Gasteiger partial charge in [0.1, 0.15) is 5.52 Å². The lowest BCUT2D eigenvalue weighted by molar-refractivity contribution is 0.0854. The predicted molar refractivity (Wildman–Crippen MR) is 68.3 cm³/mol. The lowest BCUT2D eigenvalue weighted by Gasteiger charge is -2.14. The van der Waals surface area contributed by atoms with E-state index in [1.807, 2.05) is 20.8 Å². The highest BCUT2D eigenvalue weighted by Crippen LogP contribution is 2.22. The topological polar surface area (TPSA) is 78.9 Å². The van der Waals surface area contributed by atoms with Gasteiger partial charge in [0.15, 0.2) is 11.4 Å². The second kappa shape index (κ2) is 4.17. The number of fused-ring (bicyclic) bond motifs is 1. The Morgan fingerprint density at radius 2 is 2.11 bits per heavy atom. The van der Waals surface area contributed by atoms with E-state index in [-0.39, 0.29) is 5.78 Å². The Morgan fingerprint density at radius 3 is 2.67 bits per heavy atom. The van der Waals surface area contributed by atoms with Crippen LogP contribution < -0.4 is 0 Å². The van der Waals surface area contributed by atoms with Crippen LogP contribution in [0, 0.1) is 5.41 Å². The molecule has 2 aromatic rings. The third kappa shape index (κ3) is 2.26. The summed E-state index contributed by atoms with van der Waals surface area (Å²) in [5.74, 6) is 0.0147. The van der Waals surface area contributed by atoms with Crippen molar-refractivity contribution < 1.29 is 9.90 Å². The zero-order valence-corrected chi connectivity index (χ0v) is 11.0. The van der Waals surface area contributed by atoms with Gasteiger partial charge in [0.2, 0.25) is 0 Å². The number of carbonyl (C=O) groups is 1. The molecule has 0 aliphatic rings. The molecule has 0 radical (unpaired) electrons. The number of aliphatic hydroxyl groups excluding tert-OH is 1. The first-order valence-corrected chi connectivity index (χ1v) is 5.87. The van der Waals surface area contributed by atoms with Crippen molar-refractivity contribution in [3.05, 3.63) is 23.7 Å². The number of aromatic nitrogens is 3. The van der Waals surface area contributed by atoms with E-state index in [1.165, 1.54) is 6.20 Å². The molecule has 0 saturated heterocycles. The van der Waals surface area contributed by atoms with Gasteiger partial charge in [0.25, 0.3) is 0 Å². The Labute approximate surface area is 105 Å². The number of H-pyrrole nitrogens is 1. The SMILES string of the molecule is CC(O)c1cnc2[nH]c(C(=O)C(C)(C)C)cc2n1. The first-order valence-electron chi connectivity index (χ1n) is 5.87. The van der Waals surface area contributed by atoms with Gasteiger partial charge in [-0.25, -0.2) is 9.97 Å². The summed E-state index contributed by atoms with van der Waals surface area (Å²) in [6.45, 7) is 7.22. The first-order chi connectivity index (χ1) is 8.29. The van der Waals surface area contributed by atoms with E-state index >= 15 is 0 Å². The van der Waals surface area contributed by atoms with Crippen molar-refractivity contribution in [3.8, 4) is 0 Å². The summed E-state index contributed by atoms with van der Waals surface area (Å²) in [7, 11) is 0. The Hall–Kier alpha value is -1.75. The summed E-state index contributed by atoms with van der Waals surface area (Å²) in [5.41, 5.74) is 1.71. The maximum absolute atomic E-state index is 12.1. The molecule has 2 N–H and O–H groups in total. The second-order valence-electron chi connectivity index (χ2n) is 5.47. The van der Waals surface area contributed by atoms with Crippen LogP contribution in [0.25, 0.3) is 11.2 Å². The van der Waals surface area contributed by atoms with Gasteiger partial charge in [0.05, 0.1) is 23.7 Å². The Kier molecular flexibility index (Phi) is 2.94. The summed E-state index contributed by atoms with van der Waals surface area (Å²) < 4.78 is 0. The number of rotatable bonds is 2. The Morgan fingerprint density at radius 1 is 1.44 bits per heavy atom. The molecule has 2 rings (SSSR count). The molecule has 96 valence electrons. The van der Waals surface area contributed by atoms with Crippen LogP contribution in [0.3, 0.4) is 0 Å². The fourth-order valence-electron chi connectivity index (χ4n) is 1.64. The molecule has 0 aromatic carbocycles. The average Bonchev–Trinajstić information content (AvgIpc) is 2.68. The minimum Gasteiger partial charge on any atom is -0.387 e. The Balaban J connectivity index is 2.48. The number of carbonyl (C=O) groups excluding carboxylic acids is 1. The molecule has 5 heteroatoms. The molecule has 1 atom stereocenters. The van der Waals surface area contributed by atoms with E-state index in [1.54, 1.807) is 13.0 Å². The van der Waals surface area contributed by atoms with Gasteiger partial charge in [-0.3, -0.25) is 4.79 Å². The van der Waals surface area contributed by atoms with Crippen LogP contribution in [-0.2, 0) is 0 Å². The fourth-order valence-corrected chi connectivity index (χ4v) is 1.64. The molecule has 1 unspecified atom stereocenters. The van der Waals surface area contributed by atoms with Gasteiger partial charge in [0, 0.05) is 5.41 Å². The van der Waals surface area contributed by atoms with Gasteiger partial charge < -0.3 is 10.1 Å². The van der Waals surface area contributed by atoms with Crippen LogP contribution in [0.4, 0.5) is 0 Å². The van der Waals surface area contributed by atoms with Crippen molar-refractivity contribution in [1.82, 2.24) is 15.0 Å².